The lowest BCUT2D eigenvalue weighted by Crippen LogP contribution is -2.02. The quantitative estimate of drug-likeness (QED) is 0.213. The summed E-state index contributed by atoms with van der Waals surface area (Å²) in [7, 11) is 0. The summed E-state index contributed by atoms with van der Waals surface area (Å²) < 4.78 is 17.0. The first-order valence-corrected chi connectivity index (χ1v) is 12.9. The van der Waals surface area contributed by atoms with Crippen LogP contribution in [-0.2, 0) is 15.9 Å². The highest BCUT2D eigenvalue weighted by Crippen LogP contribution is 2.17. The van der Waals surface area contributed by atoms with E-state index in [0.717, 1.165) is 87.8 Å². The Labute approximate surface area is 200 Å². The van der Waals surface area contributed by atoms with Crippen LogP contribution in [0.1, 0.15) is 83.7 Å². The van der Waals surface area contributed by atoms with Crippen LogP contribution in [0, 0.1) is 0 Å². The number of nitrogens with zero attached hydrogens (tertiary/aromatic N) is 3. The highest BCUT2D eigenvalue weighted by Gasteiger charge is 2.04. The summed E-state index contributed by atoms with van der Waals surface area (Å²) in [5, 5.41) is 0. The summed E-state index contributed by atoms with van der Waals surface area (Å²) >= 11 is 0. The molecule has 0 unspecified atom stereocenters. The molecule has 0 aliphatic carbocycles. The van der Waals surface area contributed by atoms with Crippen LogP contribution in [0.15, 0.2) is 30.7 Å². The minimum absolute atomic E-state index is 0.677. The third-order valence-corrected chi connectivity index (χ3v) is 5.41. The molecule has 0 atom stereocenters. The van der Waals surface area contributed by atoms with Crippen molar-refractivity contribution >= 4 is 0 Å². The summed E-state index contributed by atoms with van der Waals surface area (Å²) in [5.74, 6) is 0.780. The van der Waals surface area contributed by atoms with Crippen LogP contribution >= 0.6 is 0 Å². The highest BCUT2D eigenvalue weighted by molar-refractivity contribution is 5.53. The number of aromatic nitrogens is 3. The van der Waals surface area contributed by atoms with Crippen molar-refractivity contribution in [2.45, 2.75) is 84.5 Å². The van der Waals surface area contributed by atoms with E-state index in [0.29, 0.717) is 6.61 Å². The zero-order chi connectivity index (χ0) is 23.4. The molecule has 0 fully saturated rings. The van der Waals surface area contributed by atoms with E-state index in [9.17, 15) is 0 Å². The molecule has 0 saturated heterocycles. The maximum Gasteiger partial charge on any atom is 0.137 e. The minimum atomic E-state index is 0.677. The van der Waals surface area contributed by atoms with Crippen molar-refractivity contribution in [3.8, 4) is 17.1 Å². The summed E-state index contributed by atoms with van der Waals surface area (Å²) in [6, 6.07) is 3.88. The third kappa shape index (κ3) is 12.7. The minimum Gasteiger partial charge on any atom is -0.492 e. The maximum absolute atomic E-state index is 5.78. The summed E-state index contributed by atoms with van der Waals surface area (Å²) in [5.41, 5.74) is 2.60. The first-order chi connectivity index (χ1) is 16.3. The molecule has 184 valence electrons. The Hall–Kier alpha value is -2.05. The summed E-state index contributed by atoms with van der Waals surface area (Å²) in [4.78, 5) is 13.6. The van der Waals surface area contributed by atoms with E-state index < -0.39 is 0 Å². The molecule has 0 aromatic carbocycles. The fourth-order valence-corrected chi connectivity index (χ4v) is 3.32. The average Bonchev–Trinajstić information content (AvgIpc) is 2.85. The first-order valence-electron chi connectivity index (χ1n) is 12.9. The molecular formula is C27H43N3O3. The Morgan fingerprint density at radius 3 is 1.91 bits per heavy atom. The van der Waals surface area contributed by atoms with Gasteiger partial charge in [0.1, 0.15) is 11.4 Å². The van der Waals surface area contributed by atoms with E-state index in [2.05, 4.69) is 28.8 Å². The van der Waals surface area contributed by atoms with E-state index in [1.165, 1.54) is 32.1 Å². The lowest BCUT2D eigenvalue weighted by Gasteiger charge is -2.07. The third-order valence-electron chi connectivity index (χ3n) is 5.41. The van der Waals surface area contributed by atoms with E-state index in [-0.39, 0.29) is 0 Å². The van der Waals surface area contributed by atoms with Crippen LogP contribution in [-0.4, -0.2) is 48.0 Å². The lowest BCUT2D eigenvalue weighted by molar-refractivity contribution is 0.123. The van der Waals surface area contributed by atoms with Crippen molar-refractivity contribution in [1.82, 2.24) is 15.0 Å². The Bertz CT molecular complexity index is 708. The number of unbranched alkanes of at least 4 members (excludes halogenated alkanes) is 6. The molecule has 0 radical (unpaired) electrons. The monoisotopic (exact) mass is 457 g/mol. The fourth-order valence-electron chi connectivity index (χ4n) is 3.32. The second kappa shape index (κ2) is 18.4. The standard InChI is InChI=1S/C27H43N3O3/c1-3-5-7-9-17-32-18-10-8-13-24-21-29-27(23-28-24)26-15-14-25(22-30-26)33-20-12-11-19-31-16-6-4-2/h14-15,21-23H,3-13,16-20H2,1-2H3. The van der Waals surface area contributed by atoms with Gasteiger partial charge in [0.15, 0.2) is 0 Å². The predicted molar refractivity (Wildman–Crippen MR) is 134 cm³/mol. The van der Waals surface area contributed by atoms with Gasteiger partial charge in [-0.1, -0.05) is 39.5 Å². The van der Waals surface area contributed by atoms with E-state index in [1.54, 1.807) is 12.4 Å². The Morgan fingerprint density at radius 1 is 0.576 bits per heavy atom. The molecule has 0 bridgehead atoms. The Kier molecular flexibility index (Phi) is 15.2. The van der Waals surface area contributed by atoms with Crippen LogP contribution in [0.4, 0.5) is 0 Å². The number of aryl methyl sites for hydroxylation is 1. The van der Waals surface area contributed by atoms with Gasteiger partial charge in [0.05, 0.1) is 30.4 Å². The number of rotatable bonds is 20. The molecule has 33 heavy (non-hydrogen) atoms. The number of pyridine rings is 1. The highest BCUT2D eigenvalue weighted by atomic mass is 16.5. The number of hydrogen-bond acceptors (Lipinski definition) is 6. The number of hydrogen-bond donors (Lipinski definition) is 0. The van der Waals surface area contributed by atoms with Crippen molar-refractivity contribution in [1.29, 1.82) is 0 Å². The molecule has 2 rings (SSSR count). The van der Waals surface area contributed by atoms with Crippen LogP contribution in [0.2, 0.25) is 0 Å². The van der Waals surface area contributed by atoms with Crippen molar-refractivity contribution < 1.29 is 14.2 Å². The fraction of sp³-hybridized carbons (Fsp3) is 0.667. The smallest absolute Gasteiger partial charge is 0.137 e. The summed E-state index contributed by atoms with van der Waals surface area (Å²) in [6.45, 7) is 8.47. The Morgan fingerprint density at radius 2 is 1.24 bits per heavy atom. The van der Waals surface area contributed by atoms with Crippen LogP contribution < -0.4 is 4.74 Å². The zero-order valence-corrected chi connectivity index (χ0v) is 20.8. The van der Waals surface area contributed by atoms with E-state index in [4.69, 9.17) is 14.2 Å². The molecule has 6 nitrogen and oxygen atoms in total. The molecule has 2 aromatic heterocycles. The van der Waals surface area contributed by atoms with Gasteiger partial charge in [-0.05, 0) is 57.1 Å². The van der Waals surface area contributed by atoms with Gasteiger partial charge in [-0.2, -0.15) is 0 Å². The van der Waals surface area contributed by atoms with Gasteiger partial charge < -0.3 is 14.2 Å². The molecule has 0 aliphatic rings. The second-order valence-corrected chi connectivity index (χ2v) is 8.42. The van der Waals surface area contributed by atoms with Crippen LogP contribution in [0.3, 0.4) is 0 Å². The van der Waals surface area contributed by atoms with Gasteiger partial charge in [0, 0.05) is 32.6 Å². The van der Waals surface area contributed by atoms with Gasteiger partial charge in [0.2, 0.25) is 0 Å². The van der Waals surface area contributed by atoms with Crippen molar-refractivity contribution in [2.75, 3.05) is 33.0 Å². The van der Waals surface area contributed by atoms with Crippen molar-refractivity contribution in [3.05, 3.63) is 36.4 Å². The van der Waals surface area contributed by atoms with Gasteiger partial charge in [-0.25, -0.2) is 0 Å². The van der Waals surface area contributed by atoms with Gasteiger partial charge in [-0.3, -0.25) is 15.0 Å². The topological polar surface area (TPSA) is 66.4 Å². The summed E-state index contributed by atoms with van der Waals surface area (Å²) in [6.07, 6.45) is 17.8. The molecule has 0 spiro atoms. The zero-order valence-electron chi connectivity index (χ0n) is 20.8. The van der Waals surface area contributed by atoms with Crippen LogP contribution in [0.5, 0.6) is 5.75 Å². The molecule has 0 saturated carbocycles. The molecule has 6 heteroatoms. The van der Waals surface area contributed by atoms with Gasteiger partial charge in [-0.15, -0.1) is 0 Å². The Balaban J connectivity index is 1.59. The second-order valence-electron chi connectivity index (χ2n) is 8.42. The molecule has 0 N–H and O–H groups in total. The van der Waals surface area contributed by atoms with Crippen molar-refractivity contribution in [3.63, 3.8) is 0 Å². The predicted octanol–water partition coefficient (Wildman–Crippen LogP) is 6.43. The molecule has 2 aromatic rings. The lowest BCUT2D eigenvalue weighted by atomic mass is 10.2. The molecule has 0 amide bonds. The number of ether oxygens (including phenoxy) is 3. The largest absolute Gasteiger partial charge is 0.492 e. The average molecular weight is 458 g/mol. The van der Waals surface area contributed by atoms with Gasteiger partial charge >= 0.3 is 0 Å². The molecule has 2 heterocycles. The molecule has 0 aliphatic heterocycles. The maximum atomic E-state index is 5.78. The normalized spacial score (nSPS) is 11.1. The van der Waals surface area contributed by atoms with E-state index >= 15 is 0 Å². The van der Waals surface area contributed by atoms with Crippen molar-refractivity contribution in [2.24, 2.45) is 0 Å². The molecular weight excluding hydrogens is 414 g/mol. The first kappa shape index (κ1) is 27.2. The van der Waals surface area contributed by atoms with E-state index in [1.807, 2.05) is 18.3 Å². The van der Waals surface area contributed by atoms with Gasteiger partial charge in [0.25, 0.3) is 0 Å². The van der Waals surface area contributed by atoms with Crippen LogP contribution in [0.25, 0.3) is 11.4 Å². The SMILES string of the molecule is CCCCCCOCCCCc1cnc(-c2ccc(OCCCCOCCCC)cn2)cn1.